The molecule has 0 unspecified atom stereocenters. The zero-order valence-corrected chi connectivity index (χ0v) is 16.9. The smallest absolute Gasteiger partial charge is 0.252 e. The van der Waals surface area contributed by atoms with E-state index in [2.05, 4.69) is 60.8 Å². The summed E-state index contributed by atoms with van der Waals surface area (Å²) in [7, 11) is 0. The maximum atomic E-state index is 6.14. The molecule has 0 bridgehead atoms. The lowest BCUT2D eigenvalue weighted by molar-refractivity contribution is 0.197. The molecule has 1 fully saturated rings. The summed E-state index contributed by atoms with van der Waals surface area (Å²) in [5.74, 6) is 1.14. The van der Waals surface area contributed by atoms with E-state index >= 15 is 0 Å². The van der Waals surface area contributed by atoms with Gasteiger partial charge in [-0.2, -0.15) is 10.1 Å². The monoisotopic (exact) mass is 467 g/mol. The summed E-state index contributed by atoms with van der Waals surface area (Å²) in [6.45, 7) is 5.13. The molecule has 7 heteroatoms. The first-order valence-corrected chi connectivity index (χ1v) is 9.89. The number of piperidine rings is 1. The molecule has 0 aliphatic carbocycles. The van der Waals surface area contributed by atoms with E-state index in [0.29, 0.717) is 11.7 Å². The van der Waals surface area contributed by atoms with E-state index in [1.807, 2.05) is 17.5 Å². The minimum Gasteiger partial charge on any atom is -0.298 e. The van der Waals surface area contributed by atoms with Gasteiger partial charge in [0.05, 0.1) is 10.7 Å². The van der Waals surface area contributed by atoms with Gasteiger partial charge in [0.15, 0.2) is 0 Å². The molecule has 3 aromatic rings. The van der Waals surface area contributed by atoms with Gasteiger partial charge in [0.1, 0.15) is 6.33 Å². The number of fused-ring (bicyclic) bond motifs is 1. The van der Waals surface area contributed by atoms with Crippen molar-refractivity contribution in [2.75, 3.05) is 13.1 Å². The van der Waals surface area contributed by atoms with Crippen LogP contribution in [0.3, 0.4) is 0 Å². The van der Waals surface area contributed by atoms with Crippen molar-refractivity contribution >= 4 is 40.0 Å². The second-order valence-electron chi connectivity index (χ2n) is 6.62. The topological polar surface area (TPSA) is 46.3 Å². The third-order valence-corrected chi connectivity index (χ3v) is 6.26. The molecule has 0 radical (unpaired) electrons. The maximum Gasteiger partial charge on any atom is 0.252 e. The molecule has 2 aromatic heterocycles. The maximum absolute atomic E-state index is 6.14. The van der Waals surface area contributed by atoms with Gasteiger partial charge in [-0.3, -0.25) is 4.90 Å². The summed E-state index contributed by atoms with van der Waals surface area (Å²) in [5, 5.41) is 5.20. The lowest BCUT2D eigenvalue weighted by Crippen LogP contribution is -2.34. The third kappa shape index (κ3) is 3.66. The van der Waals surface area contributed by atoms with Gasteiger partial charge in [0, 0.05) is 28.3 Å². The fourth-order valence-corrected chi connectivity index (χ4v) is 4.28. The molecule has 1 aliphatic heterocycles. The van der Waals surface area contributed by atoms with Crippen LogP contribution < -0.4 is 0 Å². The Kier molecular flexibility index (Phi) is 4.92. The Balaban J connectivity index is 1.56. The van der Waals surface area contributed by atoms with Gasteiger partial charge in [-0.15, -0.1) is 0 Å². The van der Waals surface area contributed by atoms with E-state index in [0.717, 1.165) is 33.9 Å². The zero-order valence-electron chi connectivity index (χ0n) is 14.0. The molecule has 130 valence electrons. The first-order chi connectivity index (χ1) is 12.1. The lowest BCUT2D eigenvalue weighted by Gasteiger charge is -2.33. The second-order valence-corrected chi connectivity index (χ2v) is 8.19. The fourth-order valence-electron chi connectivity index (χ4n) is 3.59. The molecule has 1 aromatic carbocycles. The van der Waals surface area contributed by atoms with Crippen LogP contribution in [0.25, 0.3) is 5.78 Å². The van der Waals surface area contributed by atoms with Crippen LogP contribution in [0.15, 0.2) is 30.6 Å². The van der Waals surface area contributed by atoms with Crippen LogP contribution >= 0.6 is 34.2 Å². The summed E-state index contributed by atoms with van der Waals surface area (Å²) in [6.07, 6.45) is 3.95. The fraction of sp³-hybridized carbons (Fsp3) is 0.389. The van der Waals surface area contributed by atoms with Gasteiger partial charge in [0.25, 0.3) is 5.78 Å². The Bertz CT molecular complexity index is 910. The molecule has 1 saturated heterocycles. The van der Waals surface area contributed by atoms with Gasteiger partial charge in [-0.25, -0.2) is 9.50 Å². The number of halogens is 2. The summed E-state index contributed by atoms with van der Waals surface area (Å²) < 4.78 is 3.01. The number of hydrogen-bond acceptors (Lipinski definition) is 4. The van der Waals surface area contributed by atoms with Crippen molar-refractivity contribution in [2.45, 2.75) is 32.2 Å². The summed E-state index contributed by atoms with van der Waals surface area (Å²) >= 11 is 8.44. The largest absolute Gasteiger partial charge is 0.298 e. The van der Waals surface area contributed by atoms with Crippen molar-refractivity contribution in [1.82, 2.24) is 24.5 Å². The molecule has 0 spiro atoms. The third-order valence-electron chi connectivity index (χ3n) is 4.72. The number of rotatable bonds is 3. The molecule has 0 amide bonds. The molecule has 0 saturated carbocycles. The van der Waals surface area contributed by atoms with Crippen molar-refractivity contribution < 1.29 is 0 Å². The van der Waals surface area contributed by atoms with Crippen molar-refractivity contribution in [3.63, 3.8) is 0 Å². The summed E-state index contributed by atoms with van der Waals surface area (Å²) in [6, 6.07) is 8.45. The van der Waals surface area contributed by atoms with Crippen molar-refractivity contribution in [3.05, 3.63) is 56.1 Å². The van der Waals surface area contributed by atoms with Crippen LogP contribution in [0.4, 0.5) is 0 Å². The normalized spacial score (nSPS) is 18.8. The number of nitrogens with zero attached hydrogens (tertiary/aromatic N) is 5. The minimum absolute atomic E-state index is 0.450. The van der Waals surface area contributed by atoms with Crippen LogP contribution in [0.2, 0.25) is 5.02 Å². The average Bonchev–Trinajstić information content (AvgIpc) is 3.06. The number of likely N-dealkylation sites (tertiary alicyclic amines) is 1. The highest BCUT2D eigenvalue weighted by molar-refractivity contribution is 14.1. The first-order valence-electron chi connectivity index (χ1n) is 8.44. The molecular weight excluding hydrogens is 449 g/mol. The number of aryl methyl sites for hydroxylation is 1. The molecule has 0 N–H and O–H groups in total. The number of hydrogen-bond donors (Lipinski definition) is 0. The van der Waals surface area contributed by atoms with E-state index < -0.39 is 0 Å². The Labute approximate surface area is 165 Å². The van der Waals surface area contributed by atoms with E-state index in [4.69, 9.17) is 11.6 Å². The van der Waals surface area contributed by atoms with E-state index in [1.54, 1.807) is 6.33 Å². The van der Waals surface area contributed by atoms with E-state index in [1.165, 1.54) is 24.1 Å². The number of benzene rings is 1. The summed E-state index contributed by atoms with van der Waals surface area (Å²) in [4.78, 5) is 11.2. The van der Waals surface area contributed by atoms with Crippen LogP contribution in [0.1, 0.15) is 35.7 Å². The Morgan fingerprint density at radius 3 is 3.04 bits per heavy atom. The first kappa shape index (κ1) is 17.2. The highest BCUT2D eigenvalue weighted by Crippen LogP contribution is 2.28. The van der Waals surface area contributed by atoms with Gasteiger partial charge in [-0.1, -0.05) is 17.7 Å². The highest BCUT2D eigenvalue weighted by Gasteiger charge is 2.24. The lowest BCUT2D eigenvalue weighted by atomic mass is 9.93. The van der Waals surface area contributed by atoms with E-state index in [-0.39, 0.29) is 0 Å². The predicted octanol–water partition coefficient (Wildman–Crippen LogP) is 4.07. The van der Waals surface area contributed by atoms with Crippen molar-refractivity contribution in [3.8, 4) is 0 Å². The predicted molar refractivity (Wildman–Crippen MR) is 107 cm³/mol. The Morgan fingerprint density at radius 1 is 1.32 bits per heavy atom. The Morgan fingerprint density at radius 2 is 2.20 bits per heavy atom. The number of aromatic nitrogens is 4. The molecule has 1 aliphatic rings. The summed E-state index contributed by atoms with van der Waals surface area (Å²) in [5.41, 5.74) is 3.53. The molecule has 5 nitrogen and oxygen atoms in total. The van der Waals surface area contributed by atoms with Gasteiger partial charge in [0.2, 0.25) is 0 Å². The van der Waals surface area contributed by atoms with Crippen LogP contribution in [-0.2, 0) is 6.54 Å². The molecule has 1 atom stereocenters. The molecule has 4 rings (SSSR count). The zero-order chi connectivity index (χ0) is 17.4. The van der Waals surface area contributed by atoms with E-state index in [9.17, 15) is 0 Å². The van der Waals surface area contributed by atoms with Gasteiger partial charge >= 0.3 is 0 Å². The van der Waals surface area contributed by atoms with Gasteiger partial charge in [-0.05, 0) is 72.7 Å². The molecule has 25 heavy (non-hydrogen) atoms. The minimum atomic E-state index is 0.450. The van der Waals surface area contributed by atoms with Crippen LogP contribution in [-0.4, -0.2) is 37.6 Å². The average molecular weight is 468 g/mol. The standard InChI is InChI=1S/C18H19ClIN5/c1-12-7-17(25-18(23-12)21-11-22-25)14-3-2-6-24(10-14)9-13-4-5-15(19)16(20)8-13/h4-5,7-8,11,14H,2-3,6,9-10H2,1H3/t14-/m0/s1. The quantitative estimate of drug-likeness (QED) is 0.545. The Hall–Kier alpha value is -1.25. The molecule has 3 heterocycles. The van der Waals surface area contributed by atoms with Crippen molar-refractivity contribution in [1.29, 1.82) is 0 Å². The van der Waals surface area contributed by atoms with Crippen LogP contribution in [0.5, 0.6) is 0 Å². The SMILES string of the molecule is Cc1cc([C@H]2CCCN(Cc3ccc(Cl)c(I)c3)C2)n2ncnc2n1. The van der Waals surface area contributed by atoms with Gasteiger partial charge < -0.3 is 0 Å². The van der Waals surface area contributed by atoms with Crippen LogP contribution in [0, 0.1) is 10.5 Å². The highest BCUT2D eigenvalue weighted by atomic mass is 127. The molecular formula is C18H19ClIN5. The second kappa shape index (κ2) is 7.17. The van der Waals surface area contributed by atoms with Crippen molar-refractivity contribution in [2.24, 2.45) is 0 Å².